The molecule has 0 aromatic heterocycles. The third-order valence-electron chi connectivity index (χ3n) is 2.19. The first-order valence-electron chi connectivity index (χ1n) is 5.48. The van der Waals surface area contributed by atoms with Crippen molar-refractivity contribution in [3.05, 3.63) is 0 Å². The summed E-state index contributed by atoms with van der Waals surface area (Å²) in [7, 11) is 0. The summed E-state index contributed by atoms with van der Waals surface area (Å²) in [6.07, 6.45) is -10.6. The van der Waals surface area contributed by atoms with E-state index in [0.717, 1.165) is 0 Å². The van der Waals surface area contributed by atoms with Gasteiger partial charge in [0.1, 0.15) is 0 Å². The van der Waals surface area contributed by atoms with E-state index in [1.54, 1.807) is 0 Å². The van der Waals surface area contributed by atoms with Crippen LogP contribution in [0.15, 0.2) is 0 Å². The molecule has 0 saturated heterocycles. The van der Waals surface area contributed by atoms with Gasteiger partial charge in [0, 0.05) is 0 Å². The Morgan fingerprint density at radius 1 is 0.900 bits per heavy atom. The van der Waals surface area contributed by atoms with Crippen LogP contribution in [0.25, 0.3) is 0 Å². The van der Waals surface area contributed by atoms with E-state index in [9.17, 15) is 35.9 Å². The normalized spacial score (nSPS) is 13.0. The zero-order valence-electron chi connectivity index (χ0n) is 10.5. The zero-order valence-corrected chi connectivity index (χ0v) is 13.4. The number of hydrogen-bond acceptors (Lipinski definition) is 4. The number of alkyl halides is 6. The molecule has 0 spiro atoms. The van der Waals surface area contributed by atoms with Gasteiger partial charge in [-0.2, -0.15) is 0 Å². The van der Waals surface area contributed by atoms with E-state index >= 15 is 0 Å². The Hall–Kier alpha value is -0.681. The van der Waals surface area contributed by atoms with Crippen molar-refractivity contribution in [2.24, 2.45) is 0 Å². The second-order valence-electron chi connectivity index (χ2n) is 3.79. The first kappa shape index (κ1) is 19.3. The van der Waals surface area contributed by atoms with Crippen LogP contribution in [0.3, 0.4) is 0 Å². The van der Waals surface area contributed by atoms with Gasteiger partial charge in [-0.15, -0.1) is 0 Å². The summed E-state index contributed by atoms with van der Waals surface area (Å²) < 4.78 is 80.4. The van der Waals surface area contributed by atoms with Crippen molar-refractivity contribution in [2.75, 3.05) is 0 Å². The molecule has 0 radical (unpaired) electrons. The van der Waals surface area contributed by atoms with Crippen LogP contribution < -0.4 is 0 Å². The zero-order chi connectivity index (χ0) is 16.2. The first-order valence-corrected chi connectivity index (χ1v) is 11.8. The van der Waals surface area contributed by atoms with Gasteiger partial charge in [-0.3, -0.25) is 0 Å². The van der Waals surface area contributed by atoms with E-state index in [1.807, 2.05) is 0 Å². The molecule has 0 aromatic rings. The molecule has 0 aliphatic heterocycles. The monoisotopic (exact) mass is 418 g/mol. The molecule has 20 heavy (non-hydrogen) atoms. The predicted octanol–water partition coefficient (Wildman–Crippen LogP) is 3.07. The predicted molar refractivity (Wildman–Crippen MR) is 55.6 cm³/mol. The fourth-order valence-corrected chi connectivity index (χ4v) is 8.58. The van der Waals surface area contributed by atoms with E-state index in [0.29, 0.717) is 0 Å². The van der Waals surface area contributed by atoms with Crippen molar-refractivity contribution >= 4 is 31.1 Å². The number of hydrogen-bond donors (Lipinski definition) is 0. The van der Waals surface area contributed by atoms with E-state index in [4.69, 9.17) is 0 Å². The summed E-state index contributed by atoms with van der Waals surface area (Å²) in [5.41, 5.74) is 0. The number of carbonyl (C=O) groups is 2. The van der Waals surface area contributed by atoms with Crippen LogP contribution in [0.1, 0.15) is 20.3 Å². The minimum atomic E-state index is -5.35. The molecule has 0 aliphatic carbocycles. The third-order valence-corrected chi connectivity index (χ3v) is 12.0. The van der Waals surface area contributed by atoms with Gasteiger partial charge < -0.3 is 0 Å². The summed E-state index contributed by atoms with van der Waals surface area (Å²) in [5.74, 6) is -5.25. The Balaban J connectivity index is 5.20. The Kier molecular flexibility index (Phi) is 6.62. The first-order chi connectivity index (χ1) is 8.88. The molecule has 0 N–H and O–H groups in total. The summed E-state index contributed by atoms with van der Waals surface area (Å²) in [6, 6.07) is 0. The van der Waals surface area contributed by atoms with Crippen molar-refractivity contribution < 1.29 is 42.1 Å². The number of rotatable bonds is 5. The van der Waals surface area contributed by atoms with Gasteiger partial charge in [0.2, 0.25) is 0 Å². The minimum absolute atomic E-state index is 0.125. The molecular formula is C9H12F6O4Sn. The van der Waals surface area contributed by atoms with Crippen LogP contribution in [-0.4, -0.2) is 43.5 Å². The standard InChI is InChI=1S/C3H7.2C2HF3O2.C2H5.Sn/c1-3-2;2*3-2(4,5)1(6)7;1-2;/h1,3H2,2H3;2*(H,6,7);1H2,2H3;/q;;;;+2/p-2. The van der Waals surface area contributed by atoms with Gasteiger partial charge >= 0.3 is 115 Å². The molecular weight excluding hydrogens is 405 g/mol. The van der Waals surface area contributed by atoms with E-state index in [2.05, 4.69) is 6.15 Å². The van der Waals surface area contributed by atoms with Crippen molar-refractivity contribution in [3.63, 3.8) is 0 Å². The molecule has 0 bridgehead atoms. The van der Waals surface area contributed by atoms with Crippen molar-refractivity contribution in [1.82, 2.24) is 0 Å². The van der Waals surface area contributed by atoms with Gasteiger partial charge in [-0.1, -0.05) is 0 Å². The van der Waals surface area contributed by atoms with Crippen LogP contribution in [-0.2, 0) is 15.7 Å². The van der Waals surface area contributed by atoms with Gasteiger partial charge in [-0.25, -0.2) is 0 Å². The molecule has 0 heterocycles. The van der Waals surface area contributed by atoms with Gasteiger partial charge in [0.15, 0.2) is 0 Å². The van der Waals surface area contributed by atoms with Crippen LogP contribution >= 0.6 is 0 Å². The molecule has 118 valence electrons. The van der Waals surface area contributed by atoms with Gasteiger partial charge in [-0.05, 0) is 0 Å². The molecule has 0 atom stereocenters. The maximum absolute atomic E-state index is 12.1. The number of halogens is 6. The molecule has 0 aliphatic rings. The van der Waals surface area contributed by atoms with Crippen molar-refractivity contribution in [3.8, 4) is 0 Å². The average Bonchev–Trinajstić information content (AvgIpc) is 2.26. The second kappa shape index (κ2) is 6.85. The van der Waals surface area contributed by atoms with Crippen molar-refractivity contribution in [2.45, 2.75) is 41.5 Å². The Labute approximate surface area is 115 Å². The summed E-state index contributed by atoms with van der Waals surface area (Å²) in [5, 5.41) is 0. The molecule has 0 fully saturated rings. The van der Waals surface area contributed by atoms with E-state index in [1.165, 1.54) is 13.8 Å². The van der Waals surface area contributed by atoms with Crippen LogP contribution in [0.4, 0.5) is 26.3 Å². The molecule has 0 aromatic carbocycles. The third kappa shape index (κ3) is 5.75. The van der Waals surface area contributed by atoms with E-state index < -0.39 is 43.5 Å². The van der Waals surface area contributed by atoms with Crippen molar-refractivity contribution in [1.29, 1.82) is 0 Å². The fraction of sp³-hybridized carbons (Fsp3) is 0.778. The molecule has 11 heteroatoms. The summed E-state index contributed by atoms with van der Waals surface area (Å²) in [4.78, 5) is 21.6. The summed E-state index contributed by atoms with van der Waals surface area (Å²) >= 11 is -5.11. The van der Waals surface area contributed by atoms with Gasteiger partial charge in [0.25, 0.3) is 0 Å². The molecule has 0 amide bonds. The van der Waals surface area contributed by atoms with Crippen LogP contribution in [0.5, 0.6) is 0 Å². The topological polar surface area (TPSA) is 52.6 Å². The Bertz CT molecular complexity index is 336. The Morgan fingerprint density at radius 2 is 1.25 bits per heavy atom. The maximum atomic E-state index is 12.1. The van der Waals surface area contributed by atoms with Gasteiger partial charge in [0.05, 0.1) is 0 Å². The SMILES string of the molecule is CC[CH2][Sn]([CH2]C)([O]C(=O)C(F)(F)F)[O]C(=O)C(F)(F)F. The summed E-state index contributed by atoms with van der Waals surface area (Å²) in [6.45, 7) is 2.68. The Morgan fingerprint density at radius 3 is 1.45 bits per heavy atom. The molecule has 0 rings (SSSR count). The molecule has 0 saturated carbocycles. The van der Waals surface area contributed by atoms with Crippen LogP contribution in [0, 0.1) is 0 Å². The average molecular weight is 417 g/mol. The fourth-order valence-electron chi connectivity index (χ4n) is 1.28. The quantitative estimate of drug-likeness (QED) is 0.510. The second-order valence-corrected chi connectivity index (χ2v) is 13.6. The number of carbonyl (C=O) groups excluding carboxylic acids is 2. The van der Waals surface area contributed by atoms with E-state index in [-0.39, 0.29) is 15.3 Å². The molecule has 0 unspecified atom stereocenters. The molecule has 4 nitrogen and oxygen atoms in total. The van der Waals surface area contributed by atoms with Crippen LogP contribution in [0.2, 0.25) is 8.87 Å².